The number of carbonyl (C=O) groups excluding carboxylic acids is 1. The molecule has 2 aromatic carbocycles. The predicted molar refractivity (Wildman–Crippen MR) is 86.6 cm³/mol. The molecule has 0 aliphatic rings. The minimum absolute atomic E-state index is 0.137. The highest BCUT2D eigenvalue weighted by atomic mass is 35.5. The van der Waals surface area contributed by atoms with Gasteiger partial charge in [-0.1, -0.05) is 29.8 Å². The van der Waals surface area contributed by atoms with Crippen LogP contribution in [0.1, 0.15) is 15.9 Å². The van der Waals surface area contributed by atoms with Crippen molar-refractivity contribution in [2.24, 2.45) is 0 Å². The van der Waals surface area contributed by atoms with Gasteiger partial charge in [0.05, 0.1) is 5.69 Å². The van der Waals surface area contributed by atoms with Gasteiger partial charge in [0.15, 0.2) is 0 Å². The molecule has 0 bridgehead atoms. The van der Waals surface area contributed by atoms with E-state index in [9.17, 15) is 4.79 Å². The first-order chi connectivity index (χ1) is 11.2. The van der Waals surface area contributed by atoms with Crippen LogP contribution in [0.15, 0.2) is 54.9 Å². The van der Waals surface area contributed by atoms with Crippen LogP contribution in [0, 0.1) is 0 Å². The van der Waals surface area contributed by atoms with Gasteiger partial charge in [-0.15, -0.1) is 5.10 Å². The van der Waals surface area contributed by atoms with Crippen molar-refractivity contribution in [1.82, 2.24) is 25.5 Å². The van der Waals surface area contributed by atoms with Gasteiger partial charge in [0.25, 0.3) is 5.91 Å². The molecule has 23 heavy (non-hydrogen) atoms. The lowest BCUT2D eigenvalue weighted by atomic mass is 10.1. The Balaban J connectivity index is 1.61. The van der Waals surface area contributed by atoms with Gasteiger partial charge in [0, 0.05) is 17.1 Å². The molecule has 0 fully saturated rings. The number of benzene rings is 2. The first-order valence-electron chi connectivity index (χ1n) is 7.08. The Bertz CT molecular complexity index is 804. The van der Waals surface area contributed by atoms with Crippen molar-refractivity contribution < 1.29 is 4.79 Å². The minimum Gasteiger partial charge on any atom is -0.352 e. The second-order valence-corrected chi connectivity index (χ2v) is 5.38. The molecule has 3 rings (SSSR count). The van der Waals surface area contributed by atoms with Crippen LogP contribution in [0.3, 0.4) is 0 Å². The van der Waals surface area contributed by atoms with E-state index in [-0.39, 0.29) is 5.91 Å². The second-order valence-electron chi connectivity index (χ2n) is 4.94. The van der Waals surface area contributed by atoms with Crippen LogP contribution < -0.4 is 5.32 Å². The van der Waals surface area contributed by atoms with Crippen LogP contribution >= 0.6 is 11.6 Å². The molecule has 0 atom stereocenters. The largest absolute Gasteiger partial charge is 0.352 e. The van der Waals surface area contributed by atoms with E-state index in [1.54, 1.807) is 18.2 Å². The third kappa shape index (κ3) is 3.92. The Morgan fingerprint density at radius 2 is 2.04 bits per heavy atom. The standard InChI is InChI=1S/C16H14ClN5O/c17-14-5-1-3-12(9-14)7-8-18-16(23)13-4-2-6-15(10-13)22-11-19-20-21-22/h1-6,9-11H,7-8H2,(H,18,23). The average molecular weight is 328 g/mol. The molecule has 116 valence electrons. The summed E-state index contributed by atoms with van der Waals surface area (Å²) in [6.45, 7) is 0.536. The van der Waals surface area contributed by atoms with Crippen LogP contribution in [-0.4, -0.2) is 32.7 Å². The summed E-state index contributed by atoms with van der Waals surface area (Å²) in [5, 5.41) is 14.6. The van der Waals surface area contributed by atoms with E-state index < -0.39 is 0 Å². The van der Waals surface area contributed by atoms with Crippen molar-refractivity contribution in [3.05, 3.63) is 71.0 Å². The van der Waals surface area contributed by atoms with Crippen molar-refractivity contribution >= 4 is 17.5 Å². The van der Waals surface area contributed by atoms with E-state index in [1.165, 1.54) is 11.0 Å². The molecule has 0 spiro atoms. The van der Waals surface area contributed by atoms with E-state index in [0.29, 0.717) is 17.1 Å². The molecular formula is C16H14ClN5O. The number of halogens is 1. The number of hydrogen-bond donors (Lipinski definition) is 1. The number of carbonyl (C=O) groups is 1. The quantitative estimate of drug-likeness (QED) is 0.780. The monoisotopic (exact) mass is 327 g/mol. The molecule has 0 saturated carbocycles. The molecule has 0 radical (unpaired) electrons. The fourth-order valence-corrected chi connectivity index (χ4v) is 2.40. The maximum Gasteiger partial charge on any atom is 0.251 e. The van der Waals surface area contributed by atoms with E-state index in [0.717, 1.165) is 17.7 Å². The zero-order valence-electron chi connectivity index (χ0n) is 12.2. The Kier molecular flexibility index (Phi) is 4.63. The van der Waals surface area contributed by atoms with Crippen LogP contribution in [-0.2, 0) is 6.42 Å². The van der Waals surface area contributed by atoms with Gasteiger partial charge in [-0.05, 0) is 52.7 Å². The van der Waals surface area contributed by atoms with Crippen LogP contribution in [0.4, 0.5) is 0 Å². The van der Waals surface area contributed by atoms with E-state index in [4.69, 9.17) is 11.6 Å². The summed E-state index contributed by atoms with van der Waals surface area (Å²) in [5.74, 6) is -0.137. The van der Waals surface area contributed by atoms with Crippen molar-refractivity contribution in [2.75, 3.05) is 6.54 Å². The zero-order valence-corrected chi connectivity index (χ0v) is 12.9. The maximum absolute atomic E-state index is 12.2. The summed E-state index contributed by atoms with van der Waals surface area (Å²) in [5.41, 5.74) is 2.38. The molecule has 0 aliphatic heterocycles. The predicted octanol–water partition coefficient (Wildman–Crippen LogP) is 2.29. The molecule has 7 heteroatoms. The number of tetrazole rings is 1. The van der Waals surface area contributed by atoms with Crippen LogP contribution in [0.5, 0.6) is 0 Å². The summed E-state index contributed by atoms with van der Waals surface area (Å²) in [6.07, 6.45) is 2.20. The Morgan fingerprint density at radius 3 is 2.83 bits per heavy atom. The SMILES string of the molecule is O=C(NCCc1cccc(Cl)c1)c1cccc(-n2cnnn2)c1. The Morgan fingerprint density at radius 1 is 1.17 bits per heavy atom. The third-order valence-electron chi connectivity index (χ3n) is 3.31. The molecule has 1 heterocycles. The molecular weight excluding hydrogens is 314 g/mol. The number of hydrogen-bond acceptors (Lipinski definition) is 4. The van der Waals surface area contributed by atoms with Crippen molar-refractivity contribution in [1.29, 1.82) is 0 Å². The van der Waals surface area contributed by atoms with Gasteiger partial charge in [-0.25, -0.2) is 4.68 Å². The fourth-order valence-electron chi connectivity index (χ4n) is 2.18. The summed E-state index contributed by atoms with van der Waals surface area (Å²) < 4.78 is 1.50. The molecule has 1 amide bonds. The minimum atomic E-state index is -0.137. The van der Waals surface area contributed by atoms with E-state index in [1.807, 2.05) is 30.3 Å². The van der Waals surface area contributed by atoms with Gasteiger partial charge in [0.2, 0.25) is 0 Å². The lowest BCUT2D eigenvalue weighted by Crippen LogP contribution is -2.25. The highest BCUT2D eigenvalue weighted by molar-refractivity contribution is 6.30. The number of aromatic nitrogens is 4. The van der Waals surface area contributed by atoms with Crippen LogP contribution in [0.25, 0.3) is 5.69 Å². The first kappa shape index (κ1) is 15.2. The average Bonchev–Trinajstić information content (AvgIpc) is 3.09. The molecule has 1 aromatic heterocycles. The first-order valence-corrected chi connectivity index (χ1v) is 7.46. The molecule has 0 saturated heterocycles. The highest BCUT2D eigenvalue weighted by Crippen LogP contribution is 2.11. The van der Waals surface area contributed by atoms with Crippen molar-refractivity contribution in [2.45, 2.75) is 6.42 Å². The topological polar surface area (TPSA) is 72.7 Å². The Labute approximate surface area is 138 Å². The lowest BCUT2D eigenvalue weighted by molar-refractivity contribution is 0.0954. The number of nitrogens with zero attached hydrogens (tertiary/aromatic N) is 4. The van der Waals surface area contributed by atoms with Crippen molar-refractivity contribution in [3.8, 4) is 5.69 Å². The molecule has 3 aromatic rings. The molecule has 6 nitrogen and oxygen atoms in total. The molecule has 1 N–H and O–H groups in total. The second kappa shape index (κ2) is 7.02. The van der Waals surface area contributed by atoms with E-state index >= 15 is 0 Å². The Hall–Kier alpha value is -2.73. The fraction of sp³-hybridized carbons (Fsp3) is 0.125. The van der Waals surface area contributed by atoms with Gasteiger partial charge < -0.3 is 5.32 Å². The maximum atomic E-state index is 12.2. The van der Waals surface area contributed by atoms with Crippen molar-refractivity contribution in [3.63, 3.8) is 0 Å². The molecule has 0 aliphatic carbocycles. The summed E-state index contributed by atoms with van der Waals surface area (Å²) in [4.78, 5) is 12.2. The third-order valence-corrected chi connectivity index (χ3v) is 3.55. The van der Waals surface area contributed by atoms with E-state index in [2.05, 4.69) is 20.8 Å². The summed E-state index contributed by atoms with van der Waals surface area (Å²) in [6, 6.07) is 14.7. The number of rotatable bonds is 5. The normalized spacial score (nSPS) is 10.5. The highest BCUT2D eigenvalue weighted by Gasteiger charge is 2.07. The van der Waals surface area contributed by atoms with Gasteiger partial charge in [-0.3, -0.25) is 4.79 Å². The van der Waals surface area contributed by atoms with Gasteiger partial charge in [-0.2, -0.15) is 0 Å². The zero-order chi connectivity index (χ0) is 16.1. The summed E-state index contributed by atoms with van der Waals surface area (Å²) >= 11 is 5.94. The number of amides is 1. The van der Waals surface area contributed by atoms with Gasteiger partial charge >= 0.3 is 0 Å². The lowest BCUT2D eigenvalue weighted by Gasteiger charge is -2.07. The number of nitrogens with one attached hydrogen (secondary N) is 1. The van der Waals surface area contributed by atoms with Crippen LogP contribution in [0.2, 0.25) is 5.02 Å². The summed E-state index contributed by atoms with van der Waals surface area (Å²) in [7, 11) is 0. The van der Waals surface area contributed by atoms with Gasteiger partial charge in [0.1, 0.15) is 6.33 Å². The smallest absolute Gasteiger partial charge is 0.251 e. The molecule has 0 unspecified atom stereocenters.